The molecule has 5 heteroatoms. The minimum Gasteiger partial charge on any atom is -0.378 e. The van der Waals surface area contributed by atoms with E-state index in [-0.39, 0.29) is 0 Å². The lowest BCUT2D eigenvalue weighted by molar-refractivity contribution is 0.412. The summed E-state index contributed by atoms with van der Waals surface area (Å²) in [5.74, 6) is 0. The van der Waals surface area contributed by atoms with Gasteiger partial charge < -0.3 is 10.2 Å². The Bertz CT molecular complexity index is 516. The molecule has 0 bridgehead atoms. The third-order valence-corrected chi connectivity index (χ3v) is 4.28. The Hall–Kier alpha value is -1.62. The summed E-state index contributed by atoms with van der Waals surface area (Å²) in [4.78, 5) is 2.08. The van der Waals surface area contributed by atoms with Crippen molar-refractivity contribution in [3.05, 3.63) is 29.8 Å². The van der Waals surface area contributed by atoms with Crippen molar-refractivity contribution in [3.8, 4) is 0 Å². The van der Waals surface area contributed by atoms with Crippen molar-refractivity contribution < 1.29 is 0 Å². The molecule has 0 spiro atoms. The highest BCUT2D eigenvalue weighted by molar-refractivity contribution is 7.80. The van der Waals surface area contributed by atoms with Crippen LogP contribution in [0.15, 0.2) is 29.4 Å². The molecule has 0 heterocycles. The molecule has 2 N–H and O–H groups in total. The van der Waals surface area contributed by atoms with E-state index in [2.05, 4.69) is 45.0 Å². The normalized spacial score (nSPS) is 16.2. The molecule has 0 saturated heterocycles. The molecule has 120 valence electrons. The quantitative estimate of drug-likeness (QED) is 0.508. The summed E-state index contributed by atoms with van der Waals surface area (Å²) in [7, 11) is 4.07. The van der Waals surface area contributed by atoms with Gasteiger partial charge >= 0.3 is 0 Å². The van der Waals surface area contributed by atoms with Crippen LogP contribution in [0.1, 0.15) is 44.6 Å². The fraction of sp³-hybridized carbons (Fsp3) is 0.529. The molecule has 1 fully saturated rings. The summed E-state index contributed by atoms with van der Waals surface area (Å²) in [6, 6.07) is 8.84. The average Bonchev–Trinajstić information content (AvgIpc) is 2.53. The van der Waals surface area contributed by atoms with Crippen molar-refractivity contribution in [1.82, 2.24) is 10.7 Å². The third kappa shape index (κ3) is 4.98. The molecule has 0 radical (unpaired) electrons. The zero-order valence-corrected chi connectivity index (χ0v) is 14.5. The molecule has 1 aromatic carbocycles. The summed E-state index contributed by atoms with van der Waals surface area (Å²) >= 11 is 5.32. The van der Waals surface area contributed by atoms with Crippen LogP contribution in [0.25, 0.3) is 0 Å². The zero-order chi connectivity index (χ0) is 15.9. The number of nitrogens with zero attached hydrogens (tertiary/aromatic N) is 2. The van der Waals surface area contributed by atoms with E-state index in [0.29, 0.717) is 11.2 Å². The zero-order valence-electron chi connectivity index (χ0n) is 13.7. The third-order valence-electron chi connectivity index (χ3n) is 4.07. The maximum atomic E-state index is 5.32. The molecule has 1 aromatic rings. The van der Waals surface area contributed by atoms with Crippen LogP contribution < -0.4 is 15.6 Å². The van der Waals surface area contributed by atoms with Gasteiger partial charge in [-0.05, 0) is 49.7 Å². The van der Waals surface area contributed by atoms with Crippen molar-refractivity contribution in [3.63, 3.8) is 0 Å². The highest BCUT2D eigenvalue weighted by Gasteiger charge is 2.13. The maximum absolute atomic E-state index is 5.32. The maximum Gasteiger partial charge on any atom is 0.187 e. The molecule has 1 aliphatic carbocycles. The second-order valence-corrected chi connectivity index (χ2v) is 6.47. The molecule has 0 aliphatic heterocycles. The van der Waals surface area contributed by atoms with Gasteiger partial charge in [-0.1, -0.05) is 31.4 Å². The summed E-state index contributed by atoms with van der Waals surface area (Å²) in [5, 5.41) is 8.36. The first kappa shape index (κ1) is 16.7. The molecule has 2 rings (SSSR count). The van der Waals surface area contributed by atoms with E-state index < -0.39 is 0 Å². The number of hydrogen-bond acceptors (Lipinski definition) is 3. The number of rotatable bonds is 4. The number of benzene rings is 1. The summed E-state index contributed by atoms with van der Waals surface area (Å²) in [6.45, 7) is 1.99. The van der Waals surface area contributed by atoms with Crippen LogP contribution in [0.5, 0.6) is 0 Å². The number of hydrazone groups is 1. The second kappa shape index (κ2) is 8.13. The first-order valence-corrected chi connectivity index (χ1v) is 8.35. The fourth-order valence-electron chi connectivity index (χ4n) is 2.66. The summed E-state index contributed by atoms with van der Waals surface area (Å²) in [6.07, 6.45) is 6.34. The second-order valence-electron chi connectivity index (χ2n) is 6.06. The predicted molar refractivity (Wildman–Crippen MR) is 98.7 cm³/mol. The van der Waals surface area contributed by atoms with Gasteiger partial charge in [0.25, 0.3) is 0 Å². The Morgan fingerprint density at radius 1 is 1.14 bits per heavy atom. The van der Waals surface area contributed by atoms with Gasteiger partial charge in [-0.3, -0.25) is 5.43 Å². The molecule has 1 aliphatic rings. The SMILES string of the molecule is C/C(=N/NC(=S)NC1CCCCC1)c1ccc(N(C)C)cc1. The van der Waals surface area contributed by atoms with Crippen LogP contribution in [0.4, 0.5) is 5.69 Å². The lowest BCUT2D eigenvalue weighted by Crippen LogP contribution is -2.41. The minimum atomic E-state index is 0.503. The number of anilines is 1. The molecule has 0 amide bonds. The Balaban J connectivity index is 1.87. The van der Waals surface area contributed by atoms with E-state index in [9.17, 15) is 0 Å². The lowest BCUT2D eigenvalue weighted by Gasteiger charge is -2.23. The van der Waals surface area contributed by atoms with Crippen LogP contribution in [0.2, 0.25) is 0 Å². The van der Waals surface area contributed by atoms with Gasteiger partial charge in [0.2, 0.25) is 0 Å². The number of thiocarbonyl (C=S) groups is 1. The van der Waals surface area contributed by atoms with Crippen molar-refractivity contribution >= 4 is 28.7 Å². The van der Waals surface area contributed by atoms with Crippen molar-refractivity contribution in [2.75, 3.05) is 19.0 Å². The fourth-order valence-corrected chi connectivity index (χ4v) is 2.88. The number of hydrogen-bond donors (Lipinski definition) is 2. The van der Waals surface area contributed by atoms with E-state index in [1.807, 2.05) is 21.0 Å². The minimum absolute atomic E-state index is 0.503. The Morgan fingerprint density at radius 3 is 2.36 bits per heavy atom. The van der Waals surface area contributed by atoms with E-state index in [1.54, 1.807) is 0 Å². The van der Waals surface area contributed by atoms with E-state index >= 15 is 0 Å². The standard InChI is InChI=1S/C17H26N4S/c1-13(14-9-11-16(12-10-14)21(2)3)19-20-17(22)18-15-7-5-4-6-8-15/h9-12,15H,4-8H2,1-3H3,(H2,18,20,22)/b19-13-. The molecule has 0 atom stereocenters. The molecule has 22 heavy (non-hydrogen) atoms. The first-order chi connectivity index (χ1) is 10.6. The van der Waals surface area contributed by atoms with Gasteiger partial charge in [0.15, 0.2) is 5.11 Å². The van der Waals surface area contributed by atoms with Gasteiger partial charge in [0.1, 0.15) is 0 Å². The number of nitrogens with one attached hydrogen (secondary N) is 2. The monoisotopic (exact) mass is 318 g/mol. The van der Waals surface area contributed by atoms with Crippen LogP contribution in [-0.2, 0) is 0 Å². The van der Waals surface area contributed by atoms with Crippen molar-refractivity contribution in [1.29, 1.82) is 0 Å². The van der Waals surface area contributed by atoms with E-state index in [0.717, 1.165) is 11.3 Å². The average molecular weight is 318 g/mol. The molecule has 0 unspecified atom stereocenters. The van der Waals surface area contributed by atoms with Crippen LogP contribution in [0.3, 0.4) is 0 Å². The van der Waals surface area contributed by atoms with Crippen molar-refractivity contribution in [2.45, 2.75) is 45.1 Å². The first-order valence-electron chi connectivity index (χ1n) is 7.95. The van der Waals surface area contributed by atoms with Gasteiger partial charge in [0, 0.05) is 25.8 Å². The molecule has 1 saturated carbocycles. The summed E-state index contributed by atoms with van der Waals surface area (Å²) in [5.41, 5.74) is 6.17. The molecule has 4 nitrogen and oxygen atoms in total. The van der Waals surface area contributed by atoms with Crippen LogP contribution >= 0.6 is 12.2 Å². The highest BCUT2D eigenvalue weighted by Crippen LogP contribution is 2.17. The molecule has 0 aromatic heterocycles. The van der Waals surface area contributed by atoms with Crippen LogP contribution in [0, 0.1) is 0 Å². The van der Waals surface area contributed by atoms with Crippen LogP contribution in [-0.4, -0.2) is 31.0 Å². The van der Waals surface area contributed by atoms with E-state index in [1.165, 1.54) is 37.8 Å². The van der Waals surface area contributed by atoms with Gasteiger partial charge in [-0.15, -0.1) is 0 Å². The van der Waals surface area contributed by atoms with Gasteiger partial charge in [-0.25, -0.2) is 0 Å². The molecular weight excluding hydrogens is 292 g/mol. The Labute approximate surface area is 139 Å². The van der Waals surface area contributed by atoms with E-state index in [4.69, 9.17) is 12.2 Å². The molecular formula is C17H26N4S. The highest BCUT2D eigenvalue weighted by atomic mass is 32.1. The lowest BCUT2D eigenvalue weighted by atomic mass is 9.96. The van der Waals surface area contributed by atoms with Crippen molar-refractivity contribution in [2.24, 2.45) is 5.10 Å². The van der Waals surface area contributed by atoms with Gasteiger partial charge in [-0.2, -0.15) is 5.10 Å². The predicted octanol–water partition coefficient (Wildman–Crippen LogP) is 3.27. The smallest absolute Gasteiger partial charge is 0.187 e. The Kier molecular flexibility index (Phi) is 6.19. The topological polar surface area (TPSA) is 39.7 Å². The van der Waals surface area contributed by atoms with Gasteiger partial charge in [0.05, 0.1) is 5.71 Å². The largest absolute Gasteiger partial charge is 0.378 e. The summed E-state index contributed by atoms with van der Waals surface area (Å²) < 4.78 is 0. The Morgan fingerprint density at radius 2 is 1.77 bits per heavy atom.